The Morgan fingerprint density at radius 2 is 1.53 bits per heavy atom. The molecule has 0 amide bonds. The second kappa shape index (κ2) is 11.6. The molecule has 1 heterocycles. The number of nitrogens with zero attached hydrogens (tertiary/aromatic N) is 2. The monoisotopic (exact) mass is 514 g/mol. The van der Waals surface area contributed by atoms with Gasteiger partial charge in [-0.3, -0.25) is 14.9 Å². The van der Waals surface area contributed by atoms with Crippen molar-refractivity contribution in [2.75, 3.05) is 14.2 Å². The number of para-hydroxylation sites is 1. The molecule has 0 saturated carbocycles. The summed E-state index contributed by atoms with van der Waals surface area (Å²) in [6.07, 6.45) is 4.10. The van der Waals surface area contributed by atoms with Crippen LogP contribution in [0.25, 0.3) is 11.1 Å². The van der Waals surface area contributed by atoms with Gasteiger partial charge in [0.1, 0.15) is 17.1 Å². The molecule has 0 radical (unpaired) electrons. The number of aromatic nitrogens is 1. The van der Waals surface area contributed by atoms with Crippen molar-refractivity contribution in [1.82, 2.24) is 4.57 Å². The van der Waals surface area contributed by atoms with Gasteiger partial charge in [0.05, 0.1) is 25.2 Å². The van der Waals surface area contributed by atoms with Gasteiger partial charge in [-0.2, -0.15) is 0 Å². The van der Waals surface area contributed by atoms with E-state index in [1.165, 1.54) is 12.1 Å². The third kappa shape index (κ3) is 5.86. The molecule has 38 heavy (non-hydrogen) atoms. The van der Waals surface area contributed by atoms with Gasteiger partial charge >= 0.3 is 5.69 Å². The molecule has 0 fully saturated rings. The molecular formula is C30H30N2O6. The van der Waals surface area contributed by atoms with Crippen molar-refractivity contribution in [1.29, 1.82) is 0 Å². The van der Waals surface area contributed by atoms with Crippen molar-refractivity contribution in [3.63, 3.8) is 0 Å². The second-order valence-corrected chi connectivity index (χ2v) is 9.06. The summed E-state index contributed by atoms with van der Waals surface area (Å²) in [6.45, 7) is 4.17. The molecule has 0 atom stereocenters. The van der Waals surface area contributed by atoms with Crippen molar-refractivity contribution < 1.29 is 23.9 Å². The summed E-state index contributed by atoms with van der Waals surface area (Å²) in [5, 5.41) is 12.0. The van der Waals surface area contributed by atoms with Crippen LogP contribution < -0.4 is 14.2 Å². The number of hydrogen-bond acceptors (Lipinski definition) is 6. The summed E-state index contributed by atoms with van der Waals surface area (Å²) < 4.78 is 18.1. The van der Waals surface area contributed by atoms with E-state index >= 15 is 0 Å². The zero-order valence-electron chi connectivity index (χ0n) is 21.8. The average molecular weight is 515 g/mol. The van der Waals surface area contributed by atoms with Crippen LogP contribution in [0, 0.1) is 10.1 Å². The lowest BCUT2D eigenvalue weighted by Gasteiger charge is -2.12. The number of carbonyl (C=O) groups excluding carboxylic acids is 1. The van der Waals surface area contributed by atoms with Gasteiger partial charge in [-0.05, 0) is 67.8 Å². The van der Waals surface area contributed by atoms with Crippen molar-refractivity contribution in [2.45, 2.75) is 32.9 Å². The first-order chi connectivity index (χ1) is 18.3. The van der Waals surface area contributed by atoms with Gasteiger partial charge in [0.15, 0.2) is 5.75 Å². The number of rotatable bonds is 11. The second-order valence-electron chi connectivity index (χ2n) is 9.06. The summed E-state index contributed by atoms with van der Waals surface area (Å²) >= 11 is 0. The number of aryl methyl sites for hydroxylation is 2. The normalized spacial score (nSPS) is 10.9. The summed E-state index contributed by atoms with van der Waals surface area (Å²) in [5.74, 6) is 1.10. The highest BCUT2D eigenvalue weighted by molar-refractivity contribution is 6.15. The summed E-state index contributed by atoms with van der Waals surface area (Å²) in [6, 6.07) is 19.8. The predicted molar refractivity (Wildman–Crippen MR) is 145 cm³/mol. The Labute approximate surface area is 221 Å². The van der Waals surface area contributed by atoms with Crippen molar-refractivity contribution in [3.05, 3.63) is 106 Å². The average Bonchev–Trinajstić information content (AvgIpc) is 3.35. The maximum Gasteiger partial charge on any atom is 0.322 e. The highest BCUT2D eigenvalue weighted by Crippen LogP contribution is 2.36. The first-order valence-electron chi connectivity index (χ1n) is 12.3. The summed E-state index contributed by atoms with van der Waals surface area (Å²) in [5.41, 5.74) is 2.61. The molecule has 8 heteroatoms. The van der Waals surface area contributed by atoms with Crippen LogP contribution in [0.2, 0.25) is 0 Å². The Morgan fingerprint density at radius 1 is 0.895 bits per heavy atom. The number of nitro benzene ring substituents is 1. The number of methoxy groups -OCH3 is 2. The lowest BCUT2D eigenvalue weighted by atomic mass is 9.97. The van der Waals surface area contributed by atoms with Crippen LogP contribution in [0.3, 0.4) is 0 Å². The fraction of sp³-hybridized carbons (Fsp3) is 0.233. The molecule has 0 aliphatic carbocycles. The van der Waals surface area contributed by atoms with Gasteiger partial charge in [0.2, 0.25) is 5.78 Å². The molecule has 4 rings (SSSR count). The molecule has 0 aliphatic heterocycles. The van der Waals surface area contributed by atoms with Crippen LogP contribution in [0.5, 0.6) is 17.2 Å². The fourth-order valence-electron chi connectivity index (χ4n) is 4.26. The minimum atomic E-state index is -0.557. The first-order valence-corrected chi connectivity index (χ1v) is 12.3. The Bertz CT molecular complexity index is 1420. The molecule has 0 bridgehead atoms. The van der Waals surface area contributed by atoms with Crippen LogP contribution >= 0.6 is 0 Å². The molecule has 0 aliphatic rings. The van der Waals surface area contributed by atoms with Crippen LogP contribution in [-0.4, -0.2) is 35.6 Å². The molecular weight excluding hydrogens is 484 g/mol. The molecule has 196 valence electrons. The molecule has 1 aromatic heterocycles. The standard InChI is InChI=1S/C30H30N2O6/c1-20(2)38-28-7-5-6-25(29(28)32(34)35)30(33)27-19-31(17-16-21-8-12-23(36-3)13-9-21)18-26(27)22-10-14-24(37-4)15-11-22/h5-15,18-20H,16-17H2,1-4H3. The molecule has 0 saturated heterocycles. The molecule has 0 N–H and O–H groups in total. The van der Waals surface area contributed by atoms with Crippen LogP contribution in [0.1, 0.15) is 35.3 Å². The lowest BCUT2D eigenvalue weighted by Crippen LogP contribution is -2.11. The molecule has 8 nitrogen and oxygen atoms in total. The molecule has 4 aromatic rings. The zero-order chi connectivity index (χ0) is 27.2. The van der Waals surface area contributed by atoms with Gasteiger partial charge in [-0.1, -0.05) is 30.3 Å². The van der Waals surface area contributed by atoms with E-state index < -0.39 is 10.7 Å². The topological polar surface area (TPSA) is 92.8 Å². The van der Waals surface area contributed by atoms with E-state index in [2.05, 4.69) is 0 Å². The lowest BCUT2D eigenvalue weighted by molar-refractivity contribution is -0.386. The number of ether oxygens (including phenoxy) is 3. The highest BCUT2D eigenvalue weighted by atomic mass is 16.6. The Morgan fingerprint density at radius 3 is 2.11 bits per heavy atom. The maximum absolute atomic E-state index is 13.9. The van der Waals surface area contributed by atoms with E-state index in [0.717, 1.165) is 23.3 Å². The van der Waals surface area contributed by atoms with Crippen LogP contribution in [0.15, 0.2) is 79.1 Å². The van der Waals surface area contributed by atoms with Crippen LogP contribution in [0.4, 0.5) is 5.69 Å². The van der Waals surface area contributed by atoms with Gasteiger partial charge in [-0.15, -0.1) is 0 Å². The first kappa shape index (κ1) is 26.5. The zero-order valence-corrected chi connectivity index (χ0v) is 21.8. The number of carbonyl (C=O) groups is 1. The molecule has 0 unspecified atom stereocenters. The number of nitro groups is 1. The smallest absolute Gasteiger partial charge is 0.322 e. The maximum atomic E-state index is 13.9. The summed E-state index contributed by atoms with van der Waals surface area (Å²) in [7, 11) is 3.22. The number of ketones is 1. The Hall–Kier alpha value is -4.59. The van der Waals surface area contributed by atoms with E-state index in [4.69, 9.17) is 14.2 Å². The number of hydrogen-bond donors (Lipinski definition) is 0. The van der Waals surface area contributed by atoms with Gasteiger partial charge < -0.3 is 18.8 Å². The van der Waals surface area contributed by atoms with Crippen LogP contribution in [-0.2, 0) is 13.0 Å². The highest BCUT2D eigenvalue weighted by Gasteiger charge is 2.29. The largest absolute Gasteiger partial charge is 0.497 e. The quantitative estimate of drug-likeness (QED) is 0.132. The predicted octanol–water partition coefficient (Wildman–Crippen LogP) is 6.34. The van der Waals surface area contributed by atoms with E-state index in [1.54, 1.807) is 40.3 Å². The minimum absolute atomic E-state index is 0.0178. The fourth-order valence-corrected chi connectivity index (χ4v) is 4.26. The third-order valence-corrected chi connectivity index (χ3v) is 6.13. The Kier molecular flexibility index (Phi) is 8.11. The van der Waals surface area contributed by atoms with E-state index in [0.29, 0.717) is 23.4 Å². The van der Waals surface area contributed by atoms with Gasteiger partial charge in [-0.25, -0.2) is 0 Å². The number of benzene rings is 3. The van der Waals surface area contributed by atoms with Crippen molar-refractivity contribution in [3.8, 4) is 28.4 Å². The molecule has 0 spiro atoms. The van der Waals surface area contributed by atoms with E-state index in [-0.39, 0.29) is 23.1 Å². The summed E-state index contributed by atoms with van der Waals surface area (Å²) in [4.78, 5) is 25.4. The van der Waals surface area contributed by atoms with Gasteiger partial charge in [0, 0.05) is 30.1 Å². The minimum Gasteiger partial charge on any atom is -0.497 e. The Balaban J connectivity index is 1.74. The third-order valence-electron chi connectivity index (χ3n) is 6.13. The molecule has 3 aromatic carbocycles. The van der Waals surface area contributed by atoms with Crippen molar-refractivity contribution >= 4 is 11.5 Å². The SMILES string of the molecule is COc1ccc(CCn2cc(C(=O)c3cccc(OC(C)C)c3[N+](=O)[O-])c(-c3ccc(OC)cc3)c2)cc1. The van der Waals surface area contributed by atoms with Crippen molar-refractivity contribution in [2.24, 2.45) is 0 Å². The van der Waals surface area contributed by atoms with E-state index in [1.807, 2.05) is 59.3 Å². The van der Waals surface area contributed by atoms with E-state index in [9.17, 15) is 14.9 Å². The van der Waals surface area contributed by atoms with Gasteiger partial charge in [0.25, 0.3) is 0 Å².